The van der Waals surface area contributed by atoms with Gasteiger partial charge in [0.25, 0.3) is 0 Å². The Hall–Kier alpha value is -2.72. The summed E-state index contributed by atoms with van der Waals surface area (Å²) >= 11 is 0. The number of hydrogen-bond donors (Lipinski definition) is 5. The average molecular weight is 617 g/mol. The van der Waals surface area contributed by atoms with Gasteiger partial charge in [0.15, 0.2) is 0 Å². The molecule has 0 saturated heterocycles. The van der Waals surface area contributed by atoms with Crippen LogP contribution in [0.15, 0.2) is 66.4 Å². The Labute approximate surface area is 263 Å². The molecule has 0 aromatic heterocycles. The summed E-state index contributed by atoms with van der Waals surface area (Å²) in [5.74, 6) is -1.15. The molecule has 11 atom stereocenters. The van der Waals surface area contributed by atoms with Crippen molar-refractivity contribution >= 4 is 5.97 Å². The summed E-state index contributed by atoms with van der Waals surface area (Å²) in [5.41, 5.74) is 14.6. The van der Waals surface area contributed by atoms with Crippen LogP contribution in [0.4, 0.5) is 0 Å². The quantitative estimate of drug-likeness (QED) is 0.0466. The molecule has 0 fully saturated rings. The van der Waals surface area contributed by atoms with E-state index in [1.54, 1.807) is 24.3 Å². The minimum atomic E-state index is -1.04. The number of rotatable bonds is 8. The molecule has 0 saturated carbocycles. The Kier molecular flexibility index (Phi) is 19.6. The fraction of sp³-hybridized carbons (Fsp3) is 0.676. The van der Waals surface area contributed by atoms with E-state index in [1.165, 1.54) is 18.2 Å². The first-order valence-corrected chi connectivity index (χ1v) is 15.9. The van der Waals surface area contributed by atoms with Crippen LogP contribution in [0.2, 0.25) is 0 Å². The SMILES string of the molecule is C=C/C=C\[C@H](C)[C@@H]1OC(=O)/C=C\C=C\[C@@H](N)[C@@H](O)C[C@H](O)/C=C\[C@H](CCCCN=[N+]=[N-])[C@H](O)[C@@H](C)C[C@@H](C)CC[C@@H](O)[C@@H]1C. The highest BCUT2D eigenvalue weighted by Crippen LogP contribution is 2.29. The van der Waals surface area contributed by atoms with E-state index in [0.29, 0.717) is 25.8 Å². The van der Waals surface area contributed by atoms with E-state index >= 15 is 0 Å². The minimum Gasteiger partial charge on any atom is -0.458 e. The summed E-state index contributed by atoms with van der Waals surface area (Å²) in [6, 6.07) is -0.785. The number of carbonyl (C=O) groups excluding carboxylic acids is 1. The smallest absolute Gasteiger partial charge is 0.331 e. The molecular formula is C34H56N4O6. The molecule has 0 amide bonds. The van der Waals surface area contributed by atoms with Crippen molar-refractivity contribution in [3.63, 3.8) is 0 Å². The monoisotopic (exact) mass is 616 g/mol. The molecule has 10 nitrogen and oxygen atoms in total. The maximum Gasteiger partial charge on any atom is 0.331 e. The van der Waals surface area contributed by atoms with Crippen molar-refractivity contribution in [3.05, 3.63) is 71.7 Å². The fourth-order valence-electron chi connectivity index (χ4n) is 5.68. The number of aliphatic hydroxyl groups excluding tert-OH is 4. The van der Waals surface area contributed by atoms with Crippen molar-refractivity contribution < 1.29 is 30.0 Å². The Morgan fingerprint density at radius 2 is 1.82 bits per heavy atom. The van der Waals surface area contributed by atoms with E-state index < -0.39 is 42.5 Å². The number of unbranched alkanes of at least 4 members (excludes halogenated alkanes) is 1. The number of azide groups is 1. The maximum absolute atomic E-state index is 12.7. The molecule has 44 heavy (non-hydrogen) atoms. The zero-order chi connectivity index (χ0) is 33.1. The summed E-state index contributed by atoms with van der Waals surface area (Å²) < 4.78 is 5.81. The van der Waals surface area contributed by atoms with Gasteiger partial charge < -0.3 is 30.9 Å². The Morgan fingerprint density at radius 1 is 1.09 bits per heavy atom. The molecule has 10 heteroatoms. The lowest BCUT2D eigenvalue weighted by Gasteiger charge is -2.32. The molecule has 0 bridgehead atoms. The highest BCUT2D eigenvalue weighted by atomic mass is 16.5. The van der Waals surface area contributed by atoms with Gasteiger partial charge in [0, 0.05) is 47.7 Å². The Balaban J connectivity index is 3.25. The first-order chi connectivity index (χ1) is 20.9. The van der Waals surface area contributed by atoms with Crippen LogP contribution in [0.25, 0.3) is 10.4 Å². The van der Waals surface area contributed by atoms with Crippen molar-refractivity contribution in [2.45, 2.75) is 109 Å². The Morgan fingerprint density at radius 3 is 2.50 bits per heavy atom. The van der Waals surface area contributed by atoms with Crippen molar-refractivity contribution in [1.29, 1.82) is 0 Å². The number of cyclic esters (lactones) is 1. The van der Waals surface area contributed by atoms with Gasteiger partial charge in [-0.15, -0.1) is 0 Å². The lowest BCUT2D eigenvalue weighted by Crippen LogP contribution is -2.37. The zero-order valence-corrected chi connectivity index (χ0v) is 26.9. The topological polar surface area (TPSA) is 182 Å². The van der Waals surface area contributed by atoms with Crippen LogP contribution < -0.4 is 5.73 Å². The maximum atomic E-state index is 12.7. The number of allylic oxidation sites excluding steroid dienone is 4. The summed E-state index contributed by atoms with van der Waals surface area (Å²) in [6.07, 6.45) is 14.7. The third-order valence-corrected chi connectivity index (χ3v) is 8.49. The number of carbonyl (C=O) groups is 1. The molecule has 0 radical (unpaired) electrons. The zero-order valence-electron chi connectivity index (χ0n) is 26.9. The normalized spacial score (nSPS) is 36.5. The standard InChI is InChI=1S/C34H56N4O6/c1-6-7-12-24(3)34-26(5)30(40)19-16-23(2)21-25(4)33(43)27(13-10-11-20-37-38-36)17-18-28(39)22-31(41)29(35)14-8-9-15-32(42)44-34/h6-9,12,14-15,17-18,23-31,33-34,39-41,43H,1,10-11,13,16,19-22,35H2,2-5H3/b12-7-,14-8+,15-9-,18-17-/t23-,24-,25-,26-,27-,28+,29+,30+,31-,33+,34-/m0/s1. The number of hydrogen-bond acceptors (Lipinski definition) is 8. The minimum absolute atomic E-state index is 0.00193. The Bertz CT molecular complexity index is 1010. The number of nitrogens with zero attached hydrogens (tertiary/aromatic N) is 3. The van der Waals surface area contributed by atoms with Crippen molar-refractivity contribution in [3.8, 4) is 0 Å². The number of esters is 1. The van der Waals surface area contributed by atoms with Gasteiger partial charge in [-0.25, -0.2) is 4.79 Å². The number of aliphatic hydroxyl groups is 4. The second-order valence-corrected chi connectivity index (χ2v) is 12.4. The first-order valence-electron chi connectivity index (χ1n) is 15.9. The van der Waals surface area contributed by atoms with E-state index in [2.05, 4.69) is 23.5 Å². The van der Waals surface area contributed by atoms with Crippen LogP contribution in [-0.2, 0) is 9.53 Å². The van der Waals surface area contributed by atoms with Gasteiger partial charge in [-0.1, -0.05) is 94.4 Å². The van der Waals surface area contributed by atoms with Gasteiger partial charge in [0.05, 0.1) is 24.4 Å². The number of ether oxygens (including phenoxy) is 1. The van der Waals surface area contributed by atoms with E-state index in [4.69, 9.17) is 16.0 Å². The van der Waals surface area contributed by atoms with E-state index in [1.807, 2.05) is 32.9 Å². The fourth-order valence-corrected chi connectivity index (χ4v) is 5.68. The lowest BCUT2D eigenvalue weighted by atomic mass is 9.81. The van der Waals surface area contributed by atoms with Gasteiger partial charge >= 0.3 is 5.97 Å². The molecule has 0 aliphatic carbocycles. The molecule has 0 unspecified atom stereocenters. The lowest BCUT2D eigenvalue weighted by molar-refractivity contribution is -0.150. The van der Waals surface area contributed by atoms with Crippen LogP contribution >= 0.6 is 0 Å². The van der Waals surface area contributed by atoms with Gasteiger partial charge in [0.2, 0.25) is 0 Å². The second kappa shape index (κ2) is 21.9. The average Bonchev–Trinajstić information content (AvgIpc) is 2.99. The van der Waals surface area contributed by atoms with Crippen LogP contribution in [0.1, 0.15) is 72.6 Å². The van der Waals surface area contributed by atoms with Gasteiger partial charge in [-0.2, -0.15) is 0 Å². The highest BCUT2D eigenvalue weighted by molar-refractivity contribution is 5.82. The summed E-state index contributed by atoms with van der Waals surface area (Å²) in [6.45, 7) is 12.0. The molecule has 1 rings (SSSR count). The summed E-state index contributed by atoms with van der Waals surface area (Å²) in [4.78, 5) is 15.5. The summed E-state index contributed by atoms with van der Waals surface area (Å²) in [7, 11) is 0. The molecule has 1 heterocycles. The van der Waals surface area contributed by atoms with Crippen molar-refractivity contribution in [1.82, 2.24) is 0 Å². The number of nitrogens with two attached hydrogens (primary N) is 1. The summed E-state index contributed by atoms with van der Waals surface area (Å²) in [5, 5.41) is 47.2. The van der Waals surface area contributed by atoms with Crippen LogP contribution in [0.5, 0.6) is 0 Å². The predicted octanol–water partition coefficient (Wildman–Crippen LogP) is 5.30. The molecule has 6 N–H and O–H groups in total. The third kappa shape index (κ3) is 15.3. The largest absolute Gasteiger partial charge is 0.458 e. The molecular weight excluding hydrogens is 560 g/mol. The van der Waals surface area contributed by atoms with Gasteiger partial charge in [-0.3, -0.25) is 0 Å². The molecule has 1 aliphatic rings. The molecule has 248 valence electrons. The highest BCUT2D eigenvalue weighted by Gasteiger charge is 2.31. The van der Waals surface area contributed by atoms with Crippen molar-refractivity contribution in [2.24, 2.45) is 40.4 Å². The molecule has 0 spiro atoms. The molecule has 0 aromatic carbocycles. The predicted molar refractivity (Wildman–Crippen MR) is 175 cm³/mol. The van der Waals surface area contributed by atoms with E-state index in [-0.39, 0.29) is 36.0 Å². The van der Waals surface area contributed by atoms with Gasteiger partial charge in [0.1, 0.15) is 6.10 Å². The van der Waals surface area contributed by atoms with Crippen LogP contribution in [0.3, 0.4) is 0 Å². The van der Waals surface area contributed by atoms with E-state index in [0.717, 1.165) is 19.3 Å². The van der Waals surface area contributed by atoms with Crippen molar-refractivity contribution in [2.75, 3.05) is 6.54 Å². The molecule has 0 aromatic rings. The first kappa shape index (κ1) is 39.3. The van der Waals surface area contributed by atoms with Gasteiger partial charge in [-0.05, 0) is 49.5 Å². The van der Waals surface area contributed by atoms with Crippen LogP contribution in [0, 0.1) is 29.6 Å². The van der Waals surface area contributed by atoms with Crippen LogP contribution in [-0.4, -0.2) is 69.5 Å². The third-order valence-electron chi connectivity index (χ3n) is 8.49. The van der Waals surface area contributed by atoms with E-state index in [9.17, 15) is 25.2 Å². The molecule has 1 aliphatic heterocycles. The second-order valence-electron chi connectivity index (χ2n) is 12.4.